The van der Waals surface area contributed by atoms with Crippen LogP contribution in [-0.4, -0.2) is 65.3 Å². The number of likely N-dealkylation sites (tertiary alicyclic amines) is 1. The number of fused-ring (bicyclic) bond motifs is 1. The SMILES string of the molecule is C=CC(=O)N1C[C@H](Nc2ncc3cc(-c4c(Cl)c(OC)cc(OC)c4Cl)ccc3n2)C[C@@H]1CO. The molecule has 0 unspecified atom stereocenters. The van der Waals surface area contributed by atoms with Crippen molar-refractivity contribution in [2.75, 3.05) is 32.7 Å². The number of benzene rings is 2. The maximum absolute atomic E-state index is 12.0. The normalized spacial score (nSPS) is 17.6. The number of amides is 1. The van der Waals surface area contributed by atoms with E-state index in [1.165, 1.54) is 20.3 Å². The Balaban J connectivity index is 1.62. The molecule has 0 aliphatic carbocycles. The predicted molar refractivity (Wildman–Crippen MR) is 133 cm³/mol. The molecule has 2 atom stereocenters. The first-order chi connectivity index (χ1) is 16.4. The molecule has 2 N–H and O–H groups in total. The molecule has 0 spiro atoms. The van der Waals surface area contributed by atoms with Crippen LogP contribution >= 0.6 is 23.2 Å². The van der Waals surface area contributed by atoms with Gasteiger partial charge < -0.3 is 24.8 Å². The first-order valence-corrected chi connectivity index (χ1v) is 11.3. The predicted octanol–water partition coefficient (Wildman–Crippen LogP) is 4.18. The topological polar surface area (TPSA) is 96.8 Å². The van der Waals surface area contributed by atoms with Gasteiger partial charge in [0.2, 0.25) is 11.9 Å². The Labute approximate surface area is 207 Å². The Bertz CT molecular complexity index is 1230. The average molecular weight is 503 g/mol. The fourth-order valence-corrected chi connectivity index (χ4v) is 4.88. The first kappa shape index (κ1) is 24.1. The van der Waals surface area contributed by atoms with Crippen molar-refractivity contribution < 1.29 is 19.4 Å². The van der Waals surface area contributed by atoms with Gasteiger partial charge in [-0.25, -0.2) is 9.97 Å². The van der Waals surface area contributed by atoms with Crippen LogP contribution in [0.5, 0.6) is 11.5 Å². The number of aliphatic hydroxyl groups excluding tert-OH is 1. The fraction of sp³-hybridized carbons (Fsp3) is 0.292. The van der Waals surface area contributed by atoms with Crippen LogP contribution in [0.15, 0.2) is 43.1 Å². The highest BCUT2D eigenvalue weighted by atomic mass is 35.5. The quantitative estimate of drug-likeness (QED) is 0.467. The van der Waals surface area contributed by atoms with Gasteiger partial charge in [0.25, 0.3) is 0 Å². The highest BCUT2D eigenvalue weighted by molar-refractivity contribution is 6.41. The van der Waals surface area contributed by atoms with E-state index < -0.39 is 0 Å². The summed E-state index contributed by atoms with van der Waals surface area (Å²) in [6.45, 7) is 3.85. The van der Waals surface area contributed by atoms with Gasteiger partial charge in [-0.1, -0.05) is 35.8 Å². The smallest absolute Gasteiger partial charge is 0.246 e. The molecule has 10 heteroatoms. The minimum Gasteiger partial charge on any atom is -0.495 e. The van der Waals surface area contributed by atoms with Gasteiger partial charge in [0.1, 0.15) is 11.5 Å². The van der Waals surface area contributed by atoms with Crippen molar-refractivity contribution >= 4 is 46.0 Å². The van der Waals surface area contributed by atoms with Crippen LogP contribution in [0.25, 0.3) is 22.0 Å². The summed E-state index contributed by atoms with van der Waals surface area (Å²) in [5.41, 5.74) is 2.08. The van der Waals surface area contributed by atoms with Gasteiger partial charge >= 0.3 is 0 Å². The molecule has 34 heavy (non-hydrogen) atoms. The van der Waals surface area contributed by atoms with Gasteiger partial charge in [-0.2, -0.15) is 0 Å². The molecule has 1 amide bonds. The van der Waals surface area contributed by atoms with Crippen LogP contribution in [0, 0.1) is 0 Å². The third-order valence-corrected chi connectivity index (χ3v) is 6.61. The summed E-state index contributed by atoms with van der Waals surface area (Å²) in [6.07, 6.45) is 3.55. The Kier molecular flexibility index (Phi) is 7.11. The number of halogens is 2. The lowest BCUT2D eigenvalue weighted by Crippen LogP contribution is -2.37. The number of carbonyl (C=O) groups excluding carboxylic acids is 1. The van der Waals surface area contributed by atoms with Crippen molar-refractivity contribution in [1.82, 2.24) is 14.9 Å². The van der Waals surface area contributed by atoms with E-state index in [1.807, 2.05) is 18.2 Å². The number of nitrogens with one attached hydrogen (secondary N) is 1. The molecule has 3 aromatic rings. The van der Waals surface area contributed by atoms with Crippen molar-refractivity contribution in [2.24, 2.45) is 0 Å². The fourth-order valence-electron chi connectivity index (χ4n) is 4.16. The van der Waals surface area contributed by atoms with E-state index in [0.717, 1.165) is 16.5 Å². The number of hydrogen-bond acceptors (Lipinski definition) is 7. The Morgan fingerprint density at radius 3 is 2.59 bits per heavy atom. The van der Waals surface area contributed by atoms with Gasteiger partial charge in [0, 0.05) is 35.8 Å². The maximum Gasteiger partial charge on any atom is 0.246 e. The highest BCUT2D eigenvalue weighted by Gasteiger charge is 2.34. The molecule has 4 rings (SSSR count). The number of nitrogens with zero attached hydrogens (tertiary/aromatic N) is 3. The Morgan fingerprint density at radius 2 is 1.97 bits per heavy atom. The molecular weight excluding hydrogens is 479 g/mol. The van der Waals surface area contributed by atoms with E-state index in [-0.39, 0.29) is 24.6 Å². The molecule has 1 aliphatic heterocycles. The minimum absolute atomic E-state index is 0.0837. The molecule has 0 bridgehead atoms. The lowest BCUT2D eigenvalue weighted by atomic mass is 10.0. The van der Waals surface area contributed by atoms with Gasteiger partial charge in [-0.05, 0) is 30.2 Å². The molecule has 0 radical (unpaired) electrons. The molecule has 178 valence electrons. The average Bonchev–Trinajstić information content (AvgIpc) is 3.26. The third kappa shape index (κ3) is 4.49. The summed E-state index contributed by atoms with van der Waals surface area (Å²) in [5, 5.41) is 14.4. The number of rotatable bonds is 7. The van der Waals surface area contributed by atoms with E-state index >= 15 is 0 Å². The molecular formula is C24H24Cl2N4O4. The lowest BCUT2D eigenvalue weighted by molar-refractivity contribution is -0.127. The summed E-state index contributed by atoms with van der Waals surface area (Å²) in [4.78, 5) is 22.7. The first-order valence-electron chi connectivity index (χ1n) is 10.6. The molecule has 1 fully saturated rings. The second-order valence-electron chi connectivity index (χ2n) is 7.86. The van der Waals surface area contributed by atoms with Crippen LogP contribution < -0.4 is 14.8 Å². The molecule has 1 aliphatic rings. The molecule has 8 nitrogen and oxygen atoms in total. The number of anilines is 1. The van der Waals surface area contributed by atoms with E-state index in [9.17, 15) is 9.90 Å². The molecule has 1 aromatic heterocycles. The Hall–Kier alpha value is -3.07. The van der Waals surface area contributed by atoms with Gasteiger partial charge in [-0.3, -0.25) is 4.79 Å². The van der Waals surface area contributed by atoms with Gasteiger partial charge in [0.05, 0.1) is 42.4 Å². The van der Waals surface area contributed by atoms with E-state index in [4.69, 9.17) is 32.7 Å². The summed E-state index contributed by atoms with van der Waals surface area (Å²) >= 11 is 13.1. The van der Waals surface area contributed by atoms with Crippen molar-refractivity contribution in [3.05, 3.63) is 53.2 Å². The number of carbonyl (C=O) groups is 1. The number of ether oxygens (including phenoxy) is 2. The number of hydrogen-bond donors (Lipinski definition) is 2. The van der Waals surface area contributed by atoms with Crippen molar-refractivity contribution in [2.45, 2.75) is 18.5 Å². The third-order valence-electron chi connectivity index (χ3n) is 5.86. The largest absolute Gasteiger partial charge is 0.495 e. The summed E-state index contributed by atoms with van der Waals surface area (Å²) < 4.78 is 10.7. The van der Waals surface area contributed by atoms with Gasteiger partial charge in [-0.15, -0.1) is 0 Å². The summed E-state index contributed by atoms with van der Waals surface area (Å²) in [5.74, 6) is 1.14. The van der Waals surface area contributed by atoms with Crippen molar-refractivity contribution in [1.29, 1.82) is 0 Å². The van der Waals surface area contributed by atoms with E-state index in [2.05, 4.69) is 21.9 Å². The molecule has 1 saturated heterocycles. The van der Waals surface area contributed by atoms with Crippen LogP contribution in [-0.2, 0) is 4.79 Å². The molecule has 2 heterocycles. The van der Waals surface area contributed by atoms with Crippen molar-refractivity contribution in [3.8, 4) is 22.6 Å². The van der Waals surface area contributed by atoms with E-state index in [0.29, 0.717) is 46.0 Å². The molecule has 2 aromatic carbocycles. The Morgan fingerprint density at radius 1 is 1.26 bits per heavy atom. The highest BCUT2D eigenvalue weighted by Crippen LogP contribution is 2.46. The second kappa shape index (κ2) is 10.0. The summed E-state index contributed by atoms with van der Waals surface area (Å²) in [6, 6.07) is 6.92. The maximum atomic E-state index is 12.0. The van der Waals surface area contributed by atoms with E-state index in [1.54, 1.807) is 17.2 Å². The zero-order chi connectivity index (χ0) is 24.4. The van der Waals surface area contributed by atoms with Crippen LogP contribution in [0.2, 0.25) is 10.0 Å². The second-order valence-corrected chi connectivity index (χ2v) is 8.62. The summed E-state index contributed by atoms with van der Waals surface area (Å²) in [7, 11) is 3.06. The molecule has 0 saturated carbocycles. The van der Waals surface area contributed by atoms with Crippen LogP contribution in [0.1, 0.15) is 6.42 Å². The number of aromatic nitrogens is 2. The monoisotopic (exact) mass is 502 g/mol. The van der Waals surface area contributed by atoms with Gasteiger partial charge in [0.15, 0.2) is 0 Å². The number of aliphatic hydroxyl groups is 1. The van der Waals surface area contributed by atoms with Crippen LogP contribution in [0.3, 0.4) is 0 Å². The van der Waals surface area contributed by atoms with Crippen molar-refractivity contribution in [3.63, 3.8) is 0 Å². The lowest BCUT2D eigenvalue weighted by Gasteiger charge is -2.20. The minimum atomic E-state index is -0.264. The zero-order valence-electron chi connectivity index (χ0n) is 18.7. The number of methoxy groups -OCH3 is 2. The standard InChI is InChI=1S/C24H24Cl2N4O4/c1-4-20(32)30-11-15(8-16(30)12-31)28-24-27-10-14-7-13(5-6-17(14)29-24)21-22(25)18(33-2)9-19(34-3)23(21)26/h4-7,9-10,15-16,31H,1,8,11-12H2,2-3H3,(H,27,28,29)/t15-,16-/m1/s1. The zero-order valence-corrected chi connectivity index (χ0v) is 20.2. The van der Waals surface area contributed by atoms with Crippen LogP contribution in [0.4, 0.5) is 5.95 Å².